The van der Waals surface area contributed by atoms with Crippen LogP contribution in [-0.4, -0.2) is 23.2 Å². The second-order valence-electron chi connectivity index (χ2n) is 4.93. The Bertz CT molecular complexity index is 907. The summed E-state index contributed by atoms with van der Waals surface area (Å²) in [5.41, 5.74) is 3.52. The van der Waals surface area contributed by atoms with Gasteiger partial charge in [-0.3, -0.25) is 15.5 Å². The van der Waals surface area contributed by atoms with E-state index in [1.165, 1.54) is 18.3 Å². The molecule has 7 heteroatoms. The van der Waals surface area contributed by atoms with E-state index < -0.39 is 4.92 Å². The summed E-state index contributed by atoms with van der Waals surface area (Å²) in [4.78, 5) is 14.0. The largest absolute Gasteiger partial charge is 0.496 e. The summed E-state index contributed by atoms with van der Waals surface area (Å²) in [6.07, 6.45) is 2.82. The molecular formula is C17H14N4O3. The van der Waals surface area contributed by atoms with E-state index in [9.17, 15) is 10.1 Å². The normalized spacial score (nSPS) is 10.9. The third-order valence-electron chi connectivity index (χ3n) is 3.48. The fourth-order valence-corrected chi connectivity index (χ4v) is 2.31. The van der Waals surface area contributed by atoms with Crippen LogP contribution in [0.5, 0.6) is 5.75 Å². The highest BCUT2D eigenvalue weighted by atomic mass is 16.6. The van der Waals surface area contributed by atoms with Crippen molar-refractivity contribution in [3.63, 3.8) is 0 Å². The van der Waals surface area contributed by atoms with Crippen LogP contribution in [0.25, 0.3) is 10.8 Å². The van der Waals surface area contributed by atoms with Crippen molar-refractivity contribution in [3.05, 3.63) is 70.4 Å². The molecule has 0 aliphatic heterocycles. The monoisotopic (exact) mass is 322 g/mol. The molecule has 0 amide bonds. The molecule has 120 valence electrons. The molecular weight excluding hydrogens is 308 g/mol. The van der Waals surface area contributed by atoms with E-state index in [1.54, 1.807) is 13.3 Å². The highest BCUT2D eigenvalue weighted by Gasteiger charge is 2.06. The number of ether oxygens (including phenoxy) is 1. The van der Waals surface area contributed by atoms with Crippen molar-refractivity contribution < 1.29 is 9.66 Å². The molecule has 7 nitrogen and oxygen atoms in total. The second-order valence-corrected chi connectivity index (χ2v) is 4.93. The summed E-state index contributed by atoms with van der Waals surface area (Å²) in [5.74, 6) is 1.12. The van der Waals surface area contributed by atoms with Gasteiger partial charge >= 0.3 is 0 Å². The predicted octanol–water partition coefficient (Wildman–Crippen LogP) is 3.60. The van der Waals surface area contributed by atoms with Crippen LogP contribution in [0.1, 0.15) is 5.56 Å². The smallest absolute Gasteiger partial charge is 0.287 e. The lowest BCUT2D eigenvalue weighted by molar-refractivity contribution is -0.385. The summed E-state index contributed by atoms with van der Waals surface area (Å²) >= 11 is 0. The first-order valence-electron chi connectivity index (χ1n) is 7.14. The summed E-state index contributed by atoms with van der Waals surface area (Å²) in [5, 5.41) is 16.9. The molecule has 0 atom stereocenters. The van der Waals surface area contributed by atoms with Crippen LogP contribution in [0.3, 0.4) is 0 Å². The lowest BCUT2D eigenvalue weighted by Gasteiger charge is -2.08. The number of hydrogen-bond donors (Lipinski definition) is 1. The first-order chi connectivity index (χ1) is 11.7. The molecule has 1 aromatic heterocycles. The molecule has 0 bridgehead atoms. The molecule has 0 unspecified atom stereocenters. The number of methoxy groups -OCH3 is 1. The summed E-state index contributed by atoms with van der Waals surface area (Å²) < 4.78 is 5.39. The second kappa shape index (κ2) is 6.74. The molecule has 3 aromatic rings. The lowest BCUT2D eigenvalue weighted by Crippen LogP contribution is -1.97. The zero-order chi connectivity index (χ0) is 16.9. The first-order valence-corrected chi connectivity index (χ1v) is 7.14. The molecule has 2 aromatic carbocycles. The molecule has 0 radical (unpaired) electrons. The molecule has 0 aliphatic rings. The van der Waals surface area contributed by atoms with Crippen molar-refractivity contribution >= 4 is 28.5 Å². The van der Waals surface area contributed by atoms with Gasteiger partial charge in [0, 0.05) is 11.6 Å². The Hall–Kier alpha value is -3.48. The van der Waals surface area contributed by atoms with E-state index in [1.807, 2.05) is 36.4 Å². The van der Waals surface area contributed by atoms with Gasteiger partial charge in [-0.1, -0.05) is 30.3 Å². The number of nitrogens with one attached hydrogen (secondary N) is 1. The van der Waals surface area contributed by atoms with E-state index in [2.05, 4.69) is 15.5 Å². The van der Waals surface area contributed by atoms with Crippen molar-refractivity contribution in [3.8, 4) is 5.75 Å². The molecule has 0 fully saturated rings. The number of pyridine rings is 1. The average Bonchev–Trinajstić information content (AvgIpc) is 2.62. The van der Waals surface area contributed by atoms with Crippen molar-refractivity contribution in [1.29, 1.82) is 0 Å². The number of fused-ring (bicyclic) bond motifs is 1. The van der Waals surface area contributed by atoms with Gasteiger partial charge in [-0.05, 0) is 22.9 Å². The van der Waals surface area contributed by atoms with E-state index in [0.29, 0.717) is 11.6 Å². The van der Waals surface area contributed by atoms with Gasteiger partial charge in [0.15, 0.2) is 0 Å². The van der Waals surface area contributed by atoms with E-state index >= 15 is 0 Å². The quantitative estimate of drug-likeness (QED) is 0.440. The number of rotatable bonds is 5. The van der Waals surface area contributed by atoms with Crippen molar-refractivity contribution in [2.24, 2.45) is 5.10 Å². The first kappa shape index (κ1) is 15.4. The SMILES string of the molecule is COc1ccc2ccccc2c1/C=N/Nc1ccc([N+](=O)[O-])cn1. The highest BCUT2D eigenvalue weighted by Crippen LogP contribution is 2.26. The van der Waals surface area contributed by atoms with Crippen LogP contribution >= 0.6 is 0 Å². The maximum absolute atomic E-state index is 10.6. The fraction of sp³-hybridized carbons (Fsp3) is 0.0588. The Kier molecular flexibility index (Phi) is 4.33. The topological polar surface area (TPSA) is 89.6 Å². The number of nitrogens with zero attached hydrogens (tertiary/aromatic N) is 3. The highest BCUT2D eigenvalue weighted by molar-refractivity contribution is 6.02. The van der Waals surface area contributed by atoms with Gasteiger partial charge in [-0.2, -0.15) is 5.10 Å². The third-order valence-corrected chi connectivity index (χ3v) is 3.48. The van der Waals surface area contributed by atoms with Gasteiger partial charge in [0.25, 0.3) is 5.69 Å². The van der Waals surface area contributed by atoms with Gasteiger partial charge in [0.1, 0.15) is 17.8 Å². The Labute approximate surface area is 137 Å². The standard InChI is InChI=1S/C17H14N4O3/c1-24-16-8-6-12-4-2-3-5-14(12)15(16)11-19-20-17-9-7-13(10-18-17)21(22)23/h2-11H,1H3,(H,18,20)/b19-11+. The van der Waals surface area contributed by atoms with Crippen LogP contribution < -0.4 is 10.2 Å². The fourth-order valence-electron chi connectivity index (χ4n) is 2.31. The molecule has 0 spiro atoms. The number of nitro groups is 1. The van der Waals surface area contributed by atoms with Crippen LogP contribution in [-0.2, 0) is 0 Å². The molecule has 0 saturated carbocycles. The maximum Gasteiger partial charge on any atom is 0.287 e. The molecule has 24 heavy (non-hydrogen) atoms. The Morgan fingerprint density at radius 1 is 1.21 bits per heavy atom. The van der Waals surface area contributed by atoms with E-state index in [-0.39, 0.29) is 5.69 Å². The zero-order valence-corrected chi connectivity index (χ0v) is 12.8. The molecule has 3 rings (SSSR count). The van der Waals surface area contributed by atoms with E-state index in [0.717, 1.165) is 16.3 Å². The number of anilines is 1. The van der Waals surface area contributed by atoms with Crippen molar-refractivity contribution in [2.45, 2.75) is 0 Å². The van der Waals surface area contributed by atoms with E-state index in [4.69, 9.17) is 4.74 Å². The lowest BCUT2D eigenvalue weighted by atomic mass is 10.0. The predicted molar refractivity (Wildman–Crippen MR) is 92.6 cm³/mol. The number of benzene rings is 2. The minimum Gasteiger partial charge on any atom is -0.496 e. The number of hydrazone groups is 1. The third kappa shape index (κ3) is 3.14. The summed E-state index contributed by atoms with van der Waals surface area (Å²) in [6, 6.07) is 14.6. The van der Waals surface area contributed by atoms with Crippen LogP contribution in [0.4, 0.5) is 11.5 Å². The molecule has 0 aliphatic carbocycles. The minimum atomic E-state index is -0.499. The van der Waals surface area contributed by atoms with Crippen LogP contribution in [0, 0.1) is 10.1 Å². The number of aromatic nitrogens is 1. The van der Waals surface area contributed by atoms with Gasteiger partial charge < -0.3 is 4.74 Å². The Balaban J connectivity index is 1.86. The summed E-state index contributed by atoms with van der Waals surface area (Å²) in [6.45, 7) is 0. The zero-order valence-electron chi connectivity index (χ0n) is 12.8. The van der Waals surface area contributed by atoms with Gasteiger partial charge in [0.05, 0.1) is 18.2 Å². The molecule has 0 saturated heterocycles. The van der Waals surface area contributed by atoms with Crippen LogP contribution in [0.15, 0.2) is 59.8 Å². The van der Waals surface area contributed by atoms with Crippen molar-refractivity contribution in [1.82, 2.24) is 4.98 Å². The molecule has 1 heterocycles. The van der Waals surface area contributed by atoms with Crippen molar-refractivity contribution in [2.75, 3.05) is 12.5 Å². The molecule has 1 N–H and O–H groups in total. The Morgan fingerprint density at radius 2 is 2.04 bits per heavy atom. The van der Waals surface area contributed by atoms with Crippen LogP contribution in [0.2, 0.25) is 0 Å². The Morgan fingerprint density at radius 3 is 2.75 bits per heavy atom. The average molecular weight is 322 g/mol. The number of hydrogen-bond acceptors (Lipinski definition) is 6. The summed E-state index contributed by atoms with van der Waals surface area (Å²) in [7, 11) is 1.60. The van der Waals surface area contributed by atoms with Gasteiger partial charge in [-0.15, -0.1) is 0 Å². The van der Waals surface area contributed by atoms with Gasteiger partial charge in [0.2, 0.25) is 0 Å². The minimum absolute atomic E-state index is 0.0692. The van der Waals surface area contributed by atoms with Gasteiger partial charge in [-0.25, -0.2) is 4.98 Å². The maximum atomic E-state index is 10.6.